The number of hydrogen-bond acceptors (Lipinski definition) is 3. The third-order valence-electron chi connectivity index (χ3n) is 3.80. The van der Waals surface area contributed by atoms with Crippen molar-refractivity contribution in [3.05, 3.63) is 29.6 Å². The first-order chi connectivity index (χ1) is 11.1. The van der Waals surface area contributed by atoms with Crippen LogP contribution in [0.4, 0.5) is 4.39 Å². The van der Waals surface area contributed by atoms with Crippen LogP contribution in [0, 0.1) is 11.7 Å². The van der Waals surface area contributed by atoms with Crippen molar-refractivity contribution in [2.24, 2.45) is 10.9 Å². The molecule has 136 valence electrons. The molecule has 0 bridgehead atoms. The summed E-state index contributed by atoms with van der Waals surface area (Å²) in [6.07, 6.45) is 4.46. The standard InChI is InChI=1S/C17H26FN3OS.HI/c1-12(21-17(19-2)20-8-9-23-3)14-6-7-16(15(18)10-14)22-11-13-4-5-13;/h6-7,10,12-13H,4-5,8-9,11H2,1-3H3,(H2,19,20,21);1H. The lowest BCUT2D eigenvalue weighted by Crippen LogP contribution is -2.39. The maximum Gasteiger partial charge on any atom is 0.191 e. The van der Waals surface area contributed by atoms with Crippen LogP contribution in [0.2, 0.25) is 0 Å². The molecule has 1 saturated carbocycles. The van der Waals surface area contributed by atoms with E-state index in [0.29, 0.717) is 18.3 Å². The van der Waals surface area contributed by atoms with E-state index >= 15 is 0 Å². The van der Waals surface area contributed by atoms with E-state index in [4.69, 9.17) is 4.74 Å². The first-order valence-electron chi connectivity index (χ1n) is 8.02. The number of rotatable bonds is 8. The summed E-state index contributed by atoms with van der Waals surface area (Å²) >= 11 is 1.78. The second-order valence-electron chi connectivity index (χ2n) is 5.80. The Balaban J connectivity index is 0.00000288. The zero-order chi connectivity index (χ0) is 16.7. The van der Waals surface area contributed by atoms with E-state index in [9.17, 15) is 4.39 Å². The molecule has 0 amide bonds. The fraction of sp³-hybridized carbons (Fsp3) is 0.588. The molecule has 0 aromatic heterocycles. The third kappa shape index (κ3) is 7.04. The molecule has 0 radical (unpaired) electrons. The molecule has 1 aliphatic rings. The summed E-state index contributed by atoms with van der Waals surface area (Å²) in [5, 5.41) is 6.51. The van der Waals surface area contributed by atoms with Crippen LogP contribution in [-0.4, -0.2) is 38.2 Å². The molecule has 1 fully saturated rings. The molecule has 1 aromatic rings. The van der Waals surface area contributed by atoms with E-state index in [1.807, 2.05) is 13.0 Å². The third-order valence-corrected chi connectivity index (χ3v) is 4.42. The lowest BCUT2D eigenvalue weighted by Gasteiger charge is -2.19. The second kappa shape index (κ2) is 11.0. The van der Waals surface area contributed by atoms with Gasteiger partial charge in [0.05, 0.1) is 12.6 Å². The fourth-order valence-corrected chi connectivity index (χ4v) is 2.46. The summed E-state index contributed by atoms with van der Waals surface area (Å²) in [5.74, 6) is 2.39. The van der Waals surface area contributed by atoms with Crippen LogP contribution in [0.5, 0.6) is 5.75 Å². The number of aliphatic imine (C=N–C) groups is 1. The average molecular weight is 467 g/mol. The van der Waals surface area contributed by atoms with Gasteiger partial charge in [-0.15, -0.1) is 24.0 Å². The van der Waals surface area contributed by atoms with Crippen molar-refractivity contribution >= 4 is 41.7 Å². The number of ether oxygens (including phenoxy) is 1. The Morgan fingerprint density at radius 1 is 1.46 bits per heavy atom. The van der Waals surface area contributed by atoms with Crippen LogP contribution in [0.15, 0.2) is 23.2 Å². The maximum atomic E-state index is 14.1. The molecular weight excluding hydrogens is 440 g/mol. The molecule has 24 heavy (non-hydrogen) atoms. The quantitative estimate of drug-likeness (QED) is 0.264. The number of benzene rings is 1. The van der Waals surface area contributed by atoms with Gasteiger partial charge in [-0.1, -0.05) is 6.07 Å². The fourth-order valence-electron chi connectivity index (χ4n) is 2.15. The molecular formula is C17H27FIN3OS. The molecule has 0 saturated heterocycles. The van der Waals surface area contributed by atoms with Crippen molar-refractivity contribution in [2.75, 3.05) is 32.2 Å². The number of hydrogen-bond donors (Lipinski definition) is 2. The average Bonchev–Trinajstić information content (AvgIpc) is 3.37. The topological polar surface area (TPSA) is 45.7 Å². The van der Waals surface area contributed by atoms with Crippen LogP contribution < -0.4 is 15.4 Å². The van der Waals surface area contributed by atoms with Crippen molar-refractivity contribution < 1.29 is 9.13 Å². The van der Waals surface area contributed by atoms with Crippen LogP contribution in [0.1, 0.15) is 31.4 Å². The van der Waals surface area contributed by atoms with E-state index < -0.39 is 0 Å². The second-order valence-corrected chi connectivity index (χ2v) is 6.79. The van der Waals surface area contributed by atoms with Gasteiger partial charge in [-0.2, -0.15) is 11.8 Å². The number of nitrogens with zero attached hydrogens (tertiary/aromatic N) is 1. The largest absolute Gasteiger partial charge is 0.490 e. The van der Waals surface area contributed by atoms with E-state index in [1.54, 1.807) is 24.9 Å². The molecule has 0 aliphatic heterocycles. The van der Waals surface area contributed by atoms with Gasteiger partial charge in [-0.3, -0.25) is 4.99 Å². The molecule has 1 unspecified atom stereocenters. The van der Waals surface area contributed by atoms with Crippen LogP contribution in [-0.2, 0) is 0 Å². The molecule has 0 heterocycles. The highest BCUT2D eigenvalue weighted by Gasteiger charge is 2.22. The molecule has 4 nitrogen and oxygen atoms in total. The van der Waals surface area contributed by atoms with Crippen molar-refractivity contribution in [3.8, 4) is 5.75 Å². The SMILES string of the molecule is CN=C(NCCSC)NC(C)c1ccc(OCC2CC2)c(F)c1.I. The molecule has 1 aromatic carbocycles. The number of guanidine groups is 1. The van der Waals surface area contributed by atoms with E-state index in [0.717, 1.165) is 23.8 Å². The molecule has 1 aliphatic carbocycles. The summed E-state index contributed by atoms with van der Waals surface area (Å²) in [7, 11) is 1.73. The Morgan fingerprint density at radius 3 is 2.79 bits per heavy atom. The maximum absolute atomic E-state index is 14.1. The monoisotopic (exact) mass is 467 g/mol. The molecule has 7 heteroatoms. The van der Waals surface area contributed by atoms with Crippen molar-refractivity contribution in [1.29, 1.82) is 0 Å². The summed E-state index contributed by atoms with van der Waals surface area (Å²) < 4.78 is 19.7. The van der Waals surface area contributed by atoms with Crippen molar-refractivity contribution in [2.45, 2.75) is 25.8 Å². The Morgan fingerprint density at radius 2 is 2.21 bits per heavy atom. The van der Waals surface area contributed by atoms with Gasteiger partial charge in [-0.05, 0) is 49.6 Å². The van der Waals surface area contributed by atoms with Gasteiger partial charge >= 0.3 is 0 Å². The van der Waals surface area contributed by atoms with Crippen molar-refractivity contribution in [3.63, 3.8) is 0 Å². The number of nitrogens with one attached hydrogen (secondary N) is 2. The first-order valence-corrected chi connectivity index (χ1v) is 9.41. The Hall–Kier alpha value is -0.700. The summed E-state index contributed by atoms with van der Waals surface area (Å²) in [6, 6.07) is 5.12. The normalized spacial score (nSPS) is 15.4. The highest BCUT2D eigenvalue weighted by molar-refractivity contribution is 14.0. The van der Waals surface area contributed by atoms with Crippen molar-refractivity contribution in [1.82, 2.24) is 10.6 Å². The lowest BCUT2D eigenvalue weighted by molar-refractivity contribution is 0.285. The summed E-state index contributed by atoms with van der Waals surface area (Å²) in [4.78, 5) is 4.19. The highest BCUT2D eigenvalue weighted by atomic mass is 127. The zero-order valence-corrected chi connectivity index (χ0v) is 17.6. The Bertz CT molecular complexity index is 541. The van der Waals surface area contributed by atoms with Crippen LogP contribution in [0.3, 0.4) is 0 Å². The predicted octanol–water partition coefficient (Wildman–Crippen LogP) is 3.82. The van der Waals surface area contributed by atoms with E-state index in [-0.39, 0.29) is 35.8 Å². The van der Waals surface area contributed by atoms with Gasteiger partial charge < -0.3 is 15.4 Å². The van der Waals surface area contributed by atoms with Crippen LogP contribution in [0.25, 0.3) is 0 Å². The minimum Gasteiger partial charge on any atom is -0.490 e. The highest BCUT2D eigenvalue weighted by Crippen LogP contribution is 2.30. The summed E-state index contributed by atoms with van der Waals surface area (Å²) in [5.41, 5.74) is 0.870. The van der Waals surface area contributed by atoms with E-state index in [1.165, 1.54) is 18.9 Å². The smallest absolute Gasteiger partial charge is 0.191 e. The van der Waals surface area contributed by atoms with Gasteiger partial charge in [0.1, 0.15) is 0 Å². The first kappa shape index (κ1) is 21.3. The van der Waals surface area contributed by atoms with Gasteiger partial charge in [0.15, 0.2) is 17.5 Å². The molecule has 0 spiro atoms. The minimum absolute atomic E-state index is 0. The van der Waals surface area contributed by atoms with Gasteiger partial charge in [-0.25, -0.2) is 4.39 Å². The molecule has 2 N–H and O–H groups in total. The molecule has 2 rings (SSSR count). The van der Waals surface area contributed by atoms with E-state index in [2.05, 4.69) is 21.9 Å². The number of halogens is 2. The molecule has 1 atom stereocenters. The predicted molar refractivity (Wildman–Crippen MR) is 111 cm³/mol. The Kier molecular flexibility index (Phi) is 9.80. The van der Waals surface area contributed by atoms with Crippen LogP contribution >= 0.6 is 35.7 Å². The minimum atomic E-state index is -0.304. The lowest BCUT2D eigenvalue weighted by atomic mass is 10.1. The van der Waals surface area contributed by atoms with Gasteiger partial charge in [0.25, 0.3) is 0 Å². The zero-order valence-electron chi connectivity index (χ0n) is 14.5. The van der Waals surface area contributed by atoms with Gasteiger partial charge in [0, 0.05) is 19.3 Å². The number of thioether (sulfide) groups is 1. The van der Waals surface area contributed by atoms with Gasteiger partial charge in [0.2, 0.25) is 0 Å². The summed E-state index contributed by atoms with van der Waals surface area (Å²) in [6.45, 7) is 3.45. The Labute approximate surface area is 165 Å².